The maximum absolute atomic E-state index is 4.48. The molecule has 0 radical (unpaired) electrons. The molecule has 0 spiro atoms. The van der Waals surface area contributed by atoms with Crippen LogP contribution in [-0.4, -0.2) is 17.6 Å². The van der Waals surface area contributed by atoms with Gasteiger partial charge in [0.05, 0.1) is 5.01 Å². The van der Waals surface area contributed by atoms with Gasteiger partial charge in [-0.25, -0.2) is 4.98 Å². The van der Waals surface area contributed by atoms with Gasteiger partial charge in [-0.2, -0.15) is 0 Å². The lowest BCUT2D eigenvalue weighted by molar-refractivity contribution is 0.184. The molecule has 1 aromatic rings. The average Bonchev–Trinajstić information content (AvgIpc) is 3.05. The van der Waals surface area contributed by atoms with Gasteiger partial charge in [-0.3, -0.25) is 0 Å². The van der Waals surface area contributed by atoms with E-state index >= 15 is 0 Å². The number of aromatic nitrogens is 1. The van der Waals surface area contributed by atoms with Crippen LogP contribution in [0.5, 0.6) is 0 Å². The summed E-state index contributed by atoms with van der Waals surface area (Å²) in [6, 6.07) is 0.621. The van der Waals surface area contributed by atoms with Crippen molar-refractivity contribution in [3.8, 4) is 0 Å². The molecule has 2 nitrogen and oxygen atoms in total. The van der Waals surface area contributed by atoms with Crippen LogP contribution >= 0.6 is 11.3 Å². The van der Waals surface area contributed by atoms with Gasteiger partial charge in [0, 0.05) is 24.0 Å². The number of thiazole rings is 1. The first-order valence-electron chi connectivity index (χ1n) is 7.42. The fraction of sp³-hybridized carbons (Fsp3) is 0.800. The Bertz CT molecular complexity index is 328. The topological polar surface area (TPSA) is 24.9 Å². The van der Waals surface area contributed by atoms with Crippen LogP contribution in [0.4, 0.5) is 0 Å². The van der Waals surface area contributed by atoms with Gasteiger partial charge < -0.3 is 5.32 Å². The van der Waals surface area contributed by atoms with E-state index in [1.807, 2.05) is 6.20 Å². The molecule has 1 aromatic heterocycles. The van der Waals surface area contributed by atoms with Crippen LogP contribution in [0.15, 0.2) is 11.6 Å². The molecule has 1 saturated carbocycles. The molecule has 1 N–H and O–H groups in total. The first kappa shape index (κ1) is 14.0. The van der Waals surface area contributed by atoms with Gasteiger partial charge in [0.15, 0.2) is 0 Å². The van der Waals surface area contributed by atoms with Crippen molar-refractivity contribution in [3.05, 3.63) is 16.6 Å². The van der Waals surface area contributed by atoms with Crippen molar-refractivity contribution in [3.63, 3.8) is 0 Å². The summed E-state index contributed by atoms with van der Waals surface area (Å²) in [6.45, 7) is 5.76. The van der Waals surface area contributed by atoms with Crippen LogP contribution in [0, 0.1) is 5.41 Å². The highest BCUT2D eigenvalue weighted by Gasteiger charge is 2.39. The van der Waals surface area contributed by atoms with Crippen LogP contribution in [0.25, 0.3) is 0 Å². The lowest BCUT2D eigenvalue weighted by atomic mass is 9.75. The molecule has 0 bridgehead atoms. The molecule has 0 aromatic carbocycles. The Labute approximate surface area is 115 Å². The molecule has 1 aliphatic rings. The van der Waals surface area contributed by atoms with Gasteiger partial charge in [0.1, 0.15) is 0 Å². The minimum atomic E-state index is 0.529. The third-order valence-corrected chi connectivity index (χ3v) is 5.35. The van der Waals surface area contributed by atoms with E-state index in [1.165, 1.54) is 43.5 Å². The Hall–Kier alpha value is -0.410. The molecule has 3 heteroatoms. The standard InChI is InChI=1S/C15H26N2S/c1-3-9-16-13(12-14-17-10-11-18-14)15(4-2)7-5-6-8-15/h10-11,13,16H,3-9,12H2,1-2H3. The molecule has 1 unspecified atom stereocenters. The smallest absolute Gasteiger partial charge is 0.0940 e. The summed E-state index contributed by atoms with van der Waals surface area (Å²) in [5.41, 5.74) is 0.529. The van der Waals surface area contributed by atoms with Gasteiger partial charge in [-0.1, -0.05) is 26.7 Å². The zero-order valence-corrected chi connectivity index (χ0v) is 12.6. The van der Waals surface area contributed by atoms with Crippen molar-refractivity contribution in [1.29, 1.82) is 0 Å². The van der Waals surface area contributed by atoms with E-state index in [-0.39, 0.29) is 0 Å². The average molecular weight is 266 g/mol. The highest BCUT2D eigenvalue weighted by Crippen LogP contribution is 2.44. The maximum Gasteiger partial charge on any atom is 0.0940 e. The molecule has 18 heavy (non-hydrogen) atoms. The Kier molecular flexibility index (Phi) is 5.19. The zero-order chi connectivity index (χ0) is 12.8. The lowest BCUT2D eigenvalue weighted by Gasteiger charge is -2.37. The summed E-state index contributed by atoms with van der Waals surface area (Å²) < 4.78 is 0. The van der Waals surface area contributed by atoms with Crippen LogP contribution in [0.1, 0.15) is 57.4 Å². The second-order valence-corrected chi connectivity index (χ2v) is 6.54. The maximum atomic E-state index is 4.48. The fourth-order valence-electron chi connectivity index (χ4n) is 3.38. The monoisotopic (exact) mass is 266 g/mol. The molecule has 1 fully saturated rings. The number of hydrogen-bond donors (Lipinski definition) is 1. The number of nitrogens with zero attached hydrogens (tertiary/aromatic N) is 1. The van der Waals surface area contributed by atoms with Gasteiger partial charge in [-0.05, 0) is 37.6 Å². The van der Waals surface area contributed by atoms with Crippen molar-refractivity contribution in [1.82, 2.24) is 10.3 Å². The summed E-state index contributed by atoms with van der Waals surface area (Å²) >= 11 is 1.80. The Morgan fingerprint density at radius 3 is 2.72 bits per heavy atom. The van der Waals surface area contributed by atoms with Crippen molar-refractivity contribution in [2.45, 2.75) is 64.8 Å². The summed E-state index contributed by atoms with van der Waals surface area (Å²) in [5.74, 6) is 0. The second kappa shape index (κ2) is 6.67. The Morgan fingerprint density at radius 1 is 1.39 bits per heavy atom. The fourth-order valence-corrected chi connectivity index (χ4v) is 4.04. The molecular weight excluding hydrogens is 240 g/mol. The van der Waals surface area contributed by atoms with E-state index in [0.29, 0.717) is 11.5 Å². The Morgan fingerprint density at radius 2 is 2.17 bits per heavy atom. The summed E-state index contributed by atoms with van der Waals surface area (Å²) in [7, 11) is 0. The van der Waals surface area contributed by atoms with E-state index in [4.69, 9.17) is 0 Å². The normalized spacial score (nSPS) is 20.1. The third-order valence-electron chi connectivity index (χ3n) is 4.55. The molecule has 1 heterocycles. The van der Waals surface area contributed by atoms with Crippen LogP contribution in [-0.2, 0) is 6.42 Å². The van der Waals surface area contributed by atoms with Crippen molar-refractivity contribution < 1.29 is 0 Å². The molecule has 0 amide bonds. The van der Waals surface area contributed by atoms with Crippen molar-refractivity contribution in [2.75, 3.05) is 6.54 Å². The molecule has 1 aliphatic carbocycles. The molecule has 2 rings (SSSR count). The van der Waals surface area contributed by atoms with E-state index in [0.717, 1.165) is 13.0 Å². The minimum absolute atomic E-state index is 0.529. The predicted molar refractivity (Wildman–Crippen MR) is 79.1 cm³/mol. The first-order chi connectivity index (χ1) is 8.80. The van der Waals surface area contributed by atoms with Gasteiger partial charge in [-0.15, -0.1) is 11.3 Å². The van der Waals surface area contributed by atoms with E-state index < -0.39 is 0 Å². The molecular formula is C15H26N2S. The summed E-state index contributed by atoms with van der Waals surface area (Å²) in [4.78, 5) is 4.48. The van der Waals surface area contributed by atoms with Crippen molar-refractivity contribution >= 4 is 11.3 Å². The lowest BCUT2D eigenvalue weighted by Crippen LogP contribution is -2.45. The third kappa shape index (κ3) is 3.12. The van der Waals surface area contributed by atoms with E-state index in [2.05, 4.69) is 29.5 Å². The molecule has 1 atom stereocenters. The first-order valence-corrected chi connectivity index (χ1v) is 8.30. The molecule has 0 aliphatic heterocycles. The number of rotatable bonds is 7. The van der Waals surface area contributed by atoms with Crippen molar-refractivity contribution in [2.24, 2.45) is 5.41 Å². The predicted octanol–water partition coefficient (Wildman–Crippen LogP) is 4.02. The Balaban J connectivity index is 2.07. The zero-order valence-electron chi connectivity index (χ0n) is 11.7. The summed E-state index contributed by atoms with van der Waals surface area (Å²) in [5, 5.41) is 7.20. The minimum Gasteiger partial charge on any atom is -0.313 e. The number of nitrogens with one attached hydrogen (secondary N) is 1. The SMILES string of the molecule is CCCNC(Cc1nccs1)C1(CC)CCCC1. The van der Waals surface area contributed by atoms with Gasteiger partial charge in [0.25, 0.3) is 0 Å². The second-order valence-electron chi connectivity index (χ2n) is 5.56. The van der Waals surface area contributed by atoms with Gasteiger partial charge in [0.2, 0.25) is 0 Å². The van der Waals surface area contributed by atoms with E-state index in [1.54, 1.807) is 11.3 Å². The van der Waals surface area contributed by atoms with E-state index in [9.17, 15) is 0 Å². The quantitative estimate of drug-likeness (QED) is 0.806. The van der Waals surface area contributed by atoms with Crippen LogP contribution < -0.4 is 5.32 Å². The molecule has 0 saturated heterocycles. The van der Waals surface area contributed by atoms with Crippen LogP contribution in [0.2, 0.25) is 0 Å². The summed E-state index contributed by atoms with van der Waals surface area (Å²) in [6.07, 6.45) is 11.2. The molecule has 102 valence electrons. The van der Waals surface area contributed by atoms with Gasteiger partial charge >= 0.3 is 0 Å². The largest absolute Gasteiger partial charge is 0.313 e. The highest BCUT2D eigenvalue weighted by atomic mass is 32.1. The van der Waals surface area contributed by atoms with Crippen LogP contribution in [0.3, 0.4) is 0 Å². The highest BCUT2D eigenvalue weighted by molar-refractivity contribution is 7.09. The number of hydrogen-bond acceptors (Lipinski definition) is 3.